The van der Waals surface area contributed by atoms with E-state index in [1.807, 2.05) is 63.2 Å². The molecule has 1 heterocycles. The number of urea groups is 1. The molecule has 0 aromatic heterocycles. The molecule has 27 heavy (non-hydrogen) atoms. The molecule has 3 rings (SSSR count). The average Bonchev–Trinajstić information content (AvgIpc) is 2.67. The molecule has 0 aliphatic carbocycles. The molecule has 2 aromatic carbocycles. The van der Waals surface area contributed by atoms with Gasteiger partial charge >= 0.3 is 6.03 Å². The van der Waals surface area contributed by atoms with Crippen molar-refractivity contribution in [1.82, 2.24) is 10.2 Å². The summed E-state index contributed by atoms with van der Waals surface area (Å²) in [6.45, 7) is 7.09. The standard InChI is InChI=1S/C23H28N2O2/c1-23(2,3)24-22(27)25-15-7-10-20(16-25)21(26)19-13-11-18(12-14-19)17-8-5-4-6-9-17/h4-6,8-9,11-14,20H,7,10,15-16H2,1-3H3,(H,24,27)/t20-/m1/s1. The number of carbonyl (C=O) groups excluding carboxylic acids is 2. The highest BCUT2D eigenvalue weighted by Gasteiger charge is 2.30. The van der Waals surface area contributed by atoms with Gasteiger partial charge in [0.15, 0.2) is 5.78 Å². The van der Waals surface area contributed by atoms with E-state index in [1.54, 1.807) is 4.90 Å². The van der Waals surface area contributed by atoms with Crippen LogP contribution in [0.25, 0.3) is 11.1 Å². The fourth-order valence-corrected chi connectivity index (χ4v) is 3.47. The van der Waals surface area contributed by atoms with E-state index in [9.17, 15) is 9.59 Å². The predicted octanol–water partition coefficient (Wildman–Crippen LogP) is 4.76. The minimum Gasteiger partial charge on any atom is -0.333 e. The van der Waals surface area contributed by atoms with Gasteiger partial charge in [0.2, 0.25) is 0 Å². The van der Waals surface area contributed by atoms with Crippen LogP contribution in [0.4, 0.5) is 4.79 Å². The second-order valence-corrected chi connectivity index (χ2v) is 8.27. The van der Waals surface area contributed by atoms with Crippen LogP contribution in [0.1, 0.15) is 44.0 Å². The highest BCUT2D eigenvalue weighted by atomic mass is 16.2. The Labute approximate surface area is 161 Å². The zero-order valence-electron chi connectivity index (χ0n) is 16.4. The number of benzene rings is 2. The van der Waals surface area contributed by atoms with Gasteiger partial charge in [0.1, 0.15) is 0 Å². The van der Waals surface area contributed by atoms with E-state index < -0.39 is 0 Å². The minimum atomic E-state index is -0.276. The predicted molar refractivity (Wildman–Crippen MR) is 109 cm³/mol. The zero-order valence-corrected chi connectivity index (χ0v) is 16.4. The topological polar surface area (TPSA) is 49.4 Å². The molecule has 1 aliphatic rings. The highest BCUT2D eigenvalue weighted by molar-refractivity contribution is 5.98. The molecule has 1 N–H and O–H groups in total. The second kappa shape index (κ2) is 7.95. The molecule has 1 atom stereocenters. The van der Waals surface area contributed by atoms with Gasteiger partial charge < -0.3 is 10.2 Å². The van der Waals surface area contributed by atoms with E-state index in [0.29, 0.717) is 13.1 Å². The summed E-state index contributed by atoms with van der Waals surface area (Å²) in [4.78, 5) is 27.1. The molecule has 2 aromatic rings. The average molecular weight is 364 g/mol. The van der Waals surface area contributed by atoms with Crippen molar-refractivity contribution in [2.75, 3.05) is 13.1 Å². The largest absolute Gasteiger partial charge is 0.333 e. The lowest BCUT2D eigenvalue weighted by atomic mass is 9.89. The Balaban J connectivity index is 1.67. The molecule has 0 spiro atoms. The molecule has 0 saturated carbocycles. The second-order valence-electron chi connectivity index (χ2n) is 8.27. The summed E-state index contributed by atoms with van der Waals surface area (Å²) in [7, 11) is 0. The molecule has 1 saturated heterocycles. The number of ketones is 1. The van der Waals surface area contributed by atoms with E-state index in [2.05, 4.69) is 17.4 Å². The van der Waals surface area contributed by atoms with Crippen LogP contribution >= 0.6 is 0 Å². The third kappa shape index (κ3) is 4.97. The van der Waals surface area contributed by atoms with E-state index in [4.69, 9.17) is 0 Å². The molecule has 2 amide bonds. The van der Waals surface area contributed by atoms with Crippen LogP contribution in [0.5, 0.6) is 0 Å². The number of nitrogens with zero attached hydrogens (tertiary/aromatic N) is 1. The molecule has 1 aliphatic heterocycles. The lowest BCUT2D eigenvalue weighted by molar-refractivity contribution is 0.0843. The van der Waals surface area contributed by atoms with Crippen molar-refractivity contribution in [2.24, 2.45) is 5.92 Å². The molecule has 0 bridgehead atoms. The van der Waals surface area contributed by atoms with Crippen molar-refractivity contribution in [1.29, 1.82) is 0 Å². The minimum absolute atomic E-state index is 0.0839. The van der Waals surface area contributed by atoms with Gasteiger partial charge in [0.25, 0.3) is 0 Å². The van der Waals surface area contributed by atoms with E-state index in [-0.39, 0.29) is 23.3 Å². The first-order chi connectivity index (χ1) is 12.8. The Morgan fingerprint density at radius 2 is 1.59 bits per heavy atom. The summed E-state index contributed by atoms with van der Waals surface area (Å²) >= 11 is 0. The molecule has 0 radical (unpaired) electrons. The van der Waals surface area contributed by atoms with Crippen molar-refractivity contribution in [3.05, 3.63) is 60.2 Å². The van der Waals surface area contributed by atoms with Crippen LogP contribution in [0.2, 0.25) is 0 Å². The fourth-order valence-electron chi connectivity index (χ4n) is 3.47. The number of nitrogens with one attached hydrogen (secondary N) is 1. The number of hydrogen-bond donors (Lipinski definition) is 1. The number of likely N-dealkylation sites (tertiary alicyclic amines) is 1. The SMILES string of the molecule is CC(C)(C)NC(=O)N1CCC[C@@H](C(=O)c2ccc(-c3ccccc3)cc2)C1. The van der Waals surface area contributed by atoms with Gasteiger partial charge in [-0.1, -0.05) is 54.6 Å². The van der Waals surface area contributed by atoms with E-state index in [0.717, 1.165) is 29.5 Å². The van der Waals surface area contributed by atoms with Crippen LogP contribution in [0.3, 0.4) is 0 Å². The molecule has 1 fully saturated rings. The molecular formula is C23H28N2O2. The Kier molecular flexibility index (Phi) is 5.64. The van der Waals surface area contributed by atoms with E-state index >= 15 is 0 Å². The zero-order chi connectivity index (χ0) is 19.4. The van der Waals surface area contributed by atoms with Gasteiger partial charge in [0, 0.05) is 30.1 Å². The number of rotatable bonds is 3. The van der Waals surface area contributed by atoms with Crippen molar-refractivity contribution >= 4 is 11.8 Å². The Morgan fingerprint density at radius 1 is 0.963 bits per heavy atom. The Morgan fingerprint density at radius 3 is 2.22 bits per heavy atom. The summed E-state index contributed by atoms with van der Waals surface area (Å²) < 4.78 is 0. The fraction of sp³-hybridized carbons (Fsp3) is 0.391. The Hall–Kier alpha value is -2.62. The maximum absolute atomic E-state index is 12.9. The van der Waals surface area contributed by atoms with Crippen LogP contribution in [0, 0.1) is 5.92 Å². The van der Waals surface area contributed by atoms with Crippen molar-refractivity contribution in [3.63, 3.8) is 0 Å². The summed E-state index contributed by atoms with van der Waals surface area (Å²) in [6, 6.07) is 17.8. The lowest BCUT2D eigenvalue weighted by Crippen LogP contribution is -2.52. The van der Waals surface area contributed by atoms with Gasteiger partial charge in [-0.3, -0.25) is 4.79 Å². The van der Waals surface area contributed by atoms with Crippen LogP contribution < -0.4 is 5.32 Å². The van der Waals surface area contributed by atoms with Crippen LogP contribution in [-0.2, 0) is 0 Å². The molecule has 142 valence electrons. The smallest absolute Gasteiger partial charge is 0.317 e. The monoisotopic (exact) mass is 364 g/mol. The maximum Gasteiger partial charge on any atom is 0.317 e. The summed E-state index contributed by atoms with van der Waals surface area (Å²) in [5.41, 5.74) is 2.68. The quantitative estimate of drug-likeness (QED) is 0.799. The first-order valence-electron chi connectivity index (χ1n) is 9.60. The van der Waals surface area contributed by atoms with Gasteiger partial charge in [-0.15, -0.1) is 0 Å². The van der Waals surface area contributed by atoms with Crippen LogP contribution in [-0.4, -0.2) is 35.3 Å². The summed E-state index contributed by atoms with van der Waals surface area (Å²) in [6.07, 6.45) is 1.69. The maximum atomic E-state index is 12.9. The van der Waals surface area contributed by atoms with Gasteiger partial charge in [-0.05, 0) is 44.7 Å². The molecule has 4 nitrogen and oxygen atoms in total. The molecular weight excluding hydrogens is 336 g/mol. The first-order valence-corrected chi connectivity index (χ1v) is 9.60. The van der Waals surface area contributed by atoms with Crippen molar-refractivity contribution in [3.8, 4) is 11.1 Å². The van der Waals surface area contributed by atoms with Gasteiger partial charge in [-0.25, -0.2) is 4.79 Å². The summed E-state index contributed by atoms with van der Waals surface area (Å²) in [5.74, 6) is -0.00471. The number of Topliss-reactive ketones (excluding diaryl/α,β-unsaturated/α-hetero) is 1. The number of carbonyl (C=O) groups is 2. The highest BCUT2D eigenvalue weighted by Crippen LogP contribution is 2.24. The van der Waals surface area contributed by atoms with Gasteiger partial charge in [-0.2, -0.15) is 0 Å². The molecule has 0 unspecified atom stereocenters. The third-order valence-electron chi connectivity index (χ3n) is 4.84. The van der Waals surface area contributed by atoms with Crippen molar-refractivity contribution < 1.29 is 9.59 Å². The summed E-state index contributed by atoms with van der Waals surface area (Å²) in [5, 5.41) is 2.99. The third-order valence-corrected chi connectivity index (χ3v) is 4.84. The molecule has 4 heteroatoms. The normalized spacial score (nSPS) is 17.4. The number of hydrogen-bond acceptors (Lipinski definition) is 2. The number of amides is 2. The van der Waals surface area contributed by atoms with Gasteiger partial charge in [0.05, 0.1) is 0 Å². The Bertz CT molecular complexity index is 791. The van der Waals surface area contributed by atoms with Crippen molar-refractivity contribution in [2.45, 2.75) is 39.2 Å². The lowest BCUT2D eigenvalue weighted by Gasteiger charge is -2.34. The first kappa shape index (κ1) is 19.2. The van der Waals surface area contributed by atoms with Crippen LogP contribution in [0.15, 0.2) is 54.6 Å². The number of piperidine rings is 1. The van der Waals surface area contributed by atoms with E-state index in [1.165, 1.54) is 0 Å².